The lowest BCUT2D eigenvalue weighted by Crippen LogP contribution is -2.60. The molecule has 0 amide bonds. The van der Waals surface area contributed by atoms with Crippen molar-refractivity contribution in [3.63, 3.8) is 0 Å². The van der Waals surface area contributed by atoms with E-state index < -0.39 is 7.37 Å². The summed E-state index contributed by atoms with van der Waals surface area (Å²) in [7, 11) is 0.231. The molecule has 2 aromatic carbocycles. The number of para-hydroxylation sites is 2. The molecule has 0 saturated carbocycles. The van der Waals surface area contributed by atoms with Gasteiger partial charge in [-0.2, -0.15) is 0 Å². The molecular weight excluding hydrogens is 471 g/mol. The van der Waals surface area contributed by atoms with Crippen molar-refractivity contribution in [1.82, 2.24) is 0 Å². The Morgan fingerprint density at radius 2 is 1.03 bits per heavy atom. The van der Waals surface area contributed by atoms with Crippen LogP contribution in [0.25, 0.3) is 0 Å². The Labute approximate surface area is 216 Å². The van der Waals surface area contributed by atoms with Crippen LogP contribution in [-0.4, -0.2) is 7.37 Å². The molecule has 0 aliphatic carbocycles. The predicted octanol–water partition coefficient (Wildman–Crippen LogP) is 9.47. The summed E-state index contributed by atoms with van der Waals surface area (Å²) in [6, 6.07) is 13.4. The van der Waals surface area contributed by atoms with Crippen molar-refractivity contribution in [2.24, 2.45) is 0 Å². The number of halogens is 1. The third-order valence-corrected chi connectivity index (χ3v) is 11.7. The first-order chi connectivity index (χ1) is 15.8. The van der Waals surface area contributed by atoms with Crippen LogP contribution in [0, 0.1) is 0 Å². The lowest BCUT2D eigenvalue weighted by Gasteiger charge is -2.51. The molecule has 1 aliphatic rings. The van der Waals surface area contributed by atoms with Crippen LogP contribution in [0.3, 0.4) is 0 Å². The maximum absolute atomic E-state index is 7.82. The van der Waals surface area contributed by atoms with Crippen LogP contribution in [-0.2, 0) is 0 Å². The van der Waals surface area contributed by atoms with Crippen LogP contribution in [0.15, 0.2) is 60.4 Å². The zero-order valence-corrected chi connectivity index (χ0v) is 25.3. The van der Waals surface area contributed by atoms with Gasteiger partial charge in [0.25, 0.3) is 0 Å². The van der Waals surface area contributed by atoms with Gasteiger partial charge in [-0.3, -0.25) is 0 Å². The largest absolute Gasteiger partial charge is 0.393 e. The average Bonchev–Trinajstić information content (AvgIpc) is 2.72. The zero-order valence-electron chi connectivity index (χ0n) is 22.4. The normalized spacial score (nSPS) is 19.1. The number of nitrogens with zero attached hydrogens (tertiary/aromatic N) is 2. The summed E-state index contributed by atoms with van der Waals surface area (Å²) in [4.78, 5) is 0. The minimum atomic E-state index is -2.88. The van der Waals surface area contributed by atoms with Crippen molar-refractivity contribution in [2.75, 3.05) is 9.13 Å². The second kappa shape index (κ2) is 10.2. The zero-order chi connectivity index (χ0) is 25.5. The molecule has 2 aromatic rings. The molecule has 0 N–H and O–H groups in total. The SMILES string of the molecule is C=C1C=C(C)N(c2c(C(C)C)cccc2C(C)C)[Si](P)(Cl)N1c1c(C(C)C)cccc1C(C)C. The van der Waals surface area contributed by atoms with E-state index in [1.807, 2.05) is 0 Å². The van der Waals surface area contributed by atoms with Crippen molar-refractivity contribution in [1.29, 1.82) is 0 Å². The Morgan fingerprint density at radius 3 is 1.35 bits per heavy atom. The van der Waals surface area contributed by atoms with Crippen molar-refractivity contribution in [3.8, 4) is 0 Å². The van der Waals surface area contributed by atoms with Gasteiger partial charge in [0.2, 0.25) is 0 Å². The lowest BCUT2D eigenvalue weighted by atomic mass is 9.92. The lowest BCUT2D eigenvalue weighted by molar-refractivity contribution is 0.824. The van der Waals surface area contributed by atoms with Crippen LogP contribution < -0.4 is 9.13 Å². The van der Waals surface area contributed by atoms with Crippen molar-refractivity contribution < 1.29 is 0 Å². The van der Waals surface area contributed by atoms with E-state index in [1.54, 1.807) is 0 Å². The molecule has 0 spiro atoms. The third-order valence-electron chi connectivity index (χ3n) is 6.77. The summed E-state index contributed by atoms with van der Waals surface area (Å²) in [5, 5.41) is 0. The number of allylic oxidation sites excluding steroid dienone is 2. The van der Waals surface area contributed by atoms with E-state index in [4.69, 9.17) is 11.1 Å². The molecule has 0 saturated heterocycles. The first-order valence-corrected chi connectivity index (χ1v) is 17.2. The van der Waals surface area contributed by atoms with E-state index >= 15 is 0 Å². The minimum absolute atomic E-state index is 0.377. The Morgan fingerprint density at radius 1 is 0.706 bits per heavy atom. The highest BCUT2D eigenvalue weighted by molar-refractivity contribution is 7.82. The Bertz CT molecular complexity index is 1050. The van der Waals surface area contributed by atoms with Crippen molar-refractivity contribution in [3.05, 3.63) is 82.7 Å². The molecular formula is C29H42ClN2PSi. The standard InChI is InChI=1S/C29H42ClN2PSi/c1-18(2)24-13-11-14-25(19(3)4)28(24)31-22(9)17-23(10)32(34(31,30)33)29-26(20(5)6)15-12-16-27(29)21(7)8/h11-21H,9,33H2,1-8,10H3. The summed E-state index contributed by atoms with van der Waals surface area (Å²) in [5.41, 5.74) is 9.94. The fourth-order valence-corrected chi connectivity index (χ4v) is 10.6. The molecule has 1 heterocycles. The van der Waals surface area contributed by atoms with Gasteiger partial charge in [0.05, 0.1) is 0 Å². The fraction of sp³-hybridized carbons (Fsp3) is 0.448. The Kier molecular flexibility index (Phi) is 8.12. The van der Waals surface area contributed by atoms with Gasteiger partial charge in [-0.1, -0.05) is 107 Å². The van der Waals surface area contributed by atoms with E-state index in [-0.39, 0.29) is 0 Å². The highest BCUT2D eigenvalue weighted by Crippen LogP contribution is 2.50. The number of hydrogen-bond acceptors (Lipinski definition) is 2. The molecule has 1 aliphatic heterocycles. The van der Waals surface area contributed by atoms with E-state index in [2.05, 4.69) is 129 Å². The summed E-state index contributed by atoms with van der Waals surface area (Å²) in [6.07, 6.45) is 2.21. The van der Waals surface area contributed by atoms with Gasteiger partial charge in [0.1, 0.15) is 0 Å². The third kappa shape index (κ3) is 4.77. The maximum atomic E-state index is 7.82. The molecule has 34 heavy (non-hydrogen) atoms. The minimum Gasteiger partial charge on any atom is -0.338 e. The van der Waals surface area contributed by atoms with Crippen LogP contribution in [0.2, 0.25) is 0 Å². The Hall–Kier alpha value is -1.54. The van der Waals surface area contributed by atoms with E-state index in [9.17, 15) is 0 Å². The molecule has 0 bridgehead atoms. The van der Waals surface area contributed by atoms with Gasteiger partial charge in [0.15, 0.2) is 0 Å². The Balaban J connectivity index is 2.38. The number of benzene rings is 2. The van der Waals surface area contributed by atoms with Crippen LogP contribution in [0.4, 0.5) is 11.4 Å². The predicted molar refractivity (Wildman–Crippen MR) is 158 cm³/mol. The molecule has 184 valence electrons. The van der Waals surface area contributed by atoms with Gasteiger partial charge in [-0.15, -0.1) is 11.1 Å². The smallest absolute Gasteiger partial charge is 0.338 e. The van der Waals surface area contributed by atoms with Crippen molar-refractivity contribution in [2.45, 2.75) is 86.0 Å². The van der Waals surface area contributed by atoms with Crippen LogP contribution in [0.5, 0.6) is 0 Å². The molecule has 0 aromatic heterocycles. The van der Waals surface area contributed by atoms with Crippen molar-refractivity contribution >= 4 is 38.6 Å². The highest BCUT2D eigenvalue weighted by Gasteiger charge is 2.49. The highest BCUT2D eigenvalue weighted by atomic mass is 35.6. The summed E-state index contributed by atoms with van der Waals surface area (Å²) in [5.74, 6) is 1.53. The summed E-state index contributed by atoms with van der Waals surface area (Å²) >= 11 is 7.82. The van der Waals surface area contributed by atoms with E-state index in [0.717, 1.165) is 11.4 Å². The second-order valence-corrected chi connectivity index (χ2v) is 18.1. The van der Waals surface area contributed by atoms with Gasteiger partial charge < -0.3 is 9.13 Å². The number of hydrogen-bond donors (Lipinski definition) is 0. The topological polar surface area (TPSA) is 6.48 Å². The monoisotopic (exact) mass is 512 g/mol. The molecule has 2 nitrogen and oxygen atoms in total. The quantitative estimate of drug-likeness (QED) is 0.216. The van der Waals surface area contributed by atoms with E-state index in [0.29, 0.717) is 23.7 Å². The molecule has 2 atom stereocenters. The van der Waals surface area contributed by atoms with Gasteiger partial charge in [-0.05, 0) is 58.9 Å². The first-order valence-electron chi connectivity index (χ1n) is 12.5. The van der Waals surface area contributed by atoms with Gasteiger partial charge in [-0.25, -0.2) is 0 Å². The number of anilines is 2. The first kappa shape index (κ1) is 27.1. The van der Waals surface area contributed by atoms with Crippen LogP contribution in [0.1, 0.15) is 108 Å². The molecule has 2 unspecified atom stereocenters. The second-order valence-electron chi connectivity index (χ2n) is 10.8. The molecule has 0 fully saturated rings. The molecule has 3 rings (SSSR count). The molecule has 5 heteroatoms. The summed E-state index contributed by atoms with van der Waals surface area (Å²) in [6.45, 7) is 24.8. The summed E-state index contributed by atoms with van der Waals surface area (Å²) < 4.78 is 4.82. The van der Waals surface area contributed by atoms with Crippen LogP contribution >= 0.6 is 19.9 Å². The van der Waals surface area contributed by atoms with E-state index in [1.165, 1.54) is 33.6 Å². The average molecular weight is 513 g/mol. The maximum Gasteiger partial charge on any atom is 0.393 e. The van der Waals surface area contributed by atoms with Gasteiger partial charge in [0, 0.05) is 22.8 Å². The number of rotatable bonds is 6. The fourth-order valence-electron chi connectivity index (χ4n) is 5.09. The molecule has 0 radical (unpaired) electrons. The van der Waals surface area contributed by atoms with Gasteiger partial charge >= 0.3 is 7.37 Å².